The molecule has 0 radical (unpaired) electrons. The van der Waals surface area contributed by atoms with Gasteiger partial charge in [-0.05, 0) is 24.9 Å². The van der Waals surface area contributed by atoms with Crippen LogP contribution in [0, 0.1) is 17.0 Å². The van der Waals surface area contributed by atoms with E-state index < -0.39 is 4.92 Å². The van der Waals surface area contributed by atoms with Gasteiger partial charge in [0.15, 0.2) is 0 Å². The Labute approximate surface area is 114 Å². The zero-order chi connectivity index (χ0) is 14.0. The van der Waals surface area contributed by atoms with Crippen LogP contribution in [0.4, 0.5) is 5.69 Å². The summed E-state index contributed by atoms with van der Waals surface area (Å²) in [4.78, 5) is 22.6. The molecule has 2 heterocycles. The summed E-state index contributed by atoms with van der Waals surface area (Å²) in [6.07, 6.45) is 4.80. The molecule has 0 bridgehead atoms. The number of aryl methyl sites for hydroxylation is 2. The lowest BCUT2D eigenvalue weighted by molar-refractivity contribution is -0.385. The van der Waals surface area contributed by atoms with Crippen molar-refractivity contribution in [2.75, 3.05) is 0 Å². The summed E-state index contributed by atoms with van der Waals surface area (Å²) in [6.45, 7) is 3.54. The van der Waals surface area contributed by atoms with Crippen LogP contribution in [-0.2, 0) is 6.42 Å². The Morgan fingerprint density at radius 1 is 1.47 bits per heavy atom. The van der Waals surface area contributed by atoms with Crippen LogP contribution in [0.5, 0.6) is 0 Å². The quantitative estimate of drug-likeness (QED) is 0.488. The Bertz CT molecular complexity index is 626. The first-order chi connectivity index (χ1) is 9.04. The molecule has 0 spiro atoms. The number of hydrogen-bond acceptors (Lipinski definition) is 5. The molecule has 0 aliphatic heterocycles. The molecule has 2 aromatic rings. The van der Waals surface area contributed by atoms with Crippen LogP contribution in [0.2, 0.25) is 5.28 Å². The predicted octanol–water partition coefficient (Wildman–Crippen LogP) is 2.48. The molecule has 100 valence electrons. The van der Waals surface area contributed by atoms with Gasteiger partial charge in [0.2, 0.25) is 11.1 Å². The molecule has 0 saturated heterocycles. The Hall–Kier alpha value is -2.02. The van der Waals surface area contributed by atoms with E-state index in [2.05, 4.69) is 15.0 Å². The van der Waals surface area contributed by atoms with Gasteiger partial charge in [-0.2, -0.15) is 4.98 Å². The fraction of sp³-hybridized carbons (Fsp3) is 0.364. The van der Waals surface area contributed by atoms with Gasteiger partial charge in [-0.1, -0.05) is 6.92 Å². The Balaban J connectivity index is 2.66. The third kappa shape index (κ3) is 2.55. The zero-order valence-electron chi connectivity index (χ0n) is 10.5. The van der Waals surface area contributed by atoms with Crippen LogP contribution in [-0.4, -0.2) is 24.4 Å². The van der Waals surface area contributed by atoms with E-state index in [9.17, 15) is 10.1 Å². The molecule has 0 aliphatic rings. The van der Waals surface area contributed by atoms with Crippen molar-refractivity contribution in [2.45, 2.75) is 26.7 Å². The first kappa shape index (κ1) is 13.4. The van der Waals surface area contributed by atoms with Gasteiger partial charge in [0.25, 0.3) is 0 Å². The average Bonchev–Trinajstić information content (AvgIpc) is 2.75. The third-order valence-electron chi connectivity index (χ3n) is 2.61. The van der Waals surface area contributed by atoms with Gasteiger partial charge in [-0.25, -0.2) is 9.97 Å². The van der Waals surface area contributed by atoms with Crippen LogP contribution in [0.1, 0.15) is 24.9 Å². The van der Waals surface area contributed by atoms with Gasteiger partial charge in [0, 0.05) is 18.8 Å². The van der Waals surface area contributed by atoms with Gasteiger partial charge in [-0.3, -0.25) is 14.7 Å². The van der Waals surface area contributed by atoms with E-state index >= 15 is 0 Å². The maximum absolute atomic E-state index is 11.2. The van der Waals surface area contributed by atoms with Gasteiger partial charge >= 0.3 is 5.69 Å². The van der Waals surface area contributed by atoms with Crippen molar-refractivity contribution in [2.24, 2.45) is 0 Å². The zero-order valence-corrected chi connectivity index (χ0v) is 11.3. The number of imidazole rings is 1. The number of halogens is 1. The summed E-state index contributed by atoms with van der Waals surface area (Å²) >= 11 is 5.79. The van der Waals surface area contributed by atoms with E-state index in [1.165, 1.54) is 6.92 Å². The lowest BCUT2D eigenvalue weighted by Gasteiger charge is -2.08. The molecular formula is C11H12ClN5O2. The molecule has 0 aliphatic carbocycles. The molecule has 8 heteroatoms. The predicted molar refractivity (Wildman–Crippen MR) is 69.6 cm³/mol. The molecule has 0 amide bonds. The standard InChI is InChI=1S/C11H12ClN5O2/c1-3-4-8-13-5-6-16(8)10-9(17(18)19)7(2)14-11(12)15-10/h5-6H,3-4H2,1-2H3. The Morgan fingerprint density at radius 2 is 2.21 bits per heavy atom. The molecule has 19 heavy (non-hydrogen) atoms. The number of aromatic nitrogens is 4. The van der Waals surface area contributed by atoms with E-state index in [1.807, 2.05) is 6.92 Å². The van der Waals surface area contributed by atoms with Crippen molar-refractivity contribution in [1.29, 1.82) is 0 Å². The normalized spacial score (nSPS) is 10.7. The average molecular weight is 282 g/mol. The topological polar surface area (TPSA) is 86.7 Å². The summed E-state index contributed by atoms with van der Waals surface area (Å²) in [5, 5.41) is 11.1. The van der Waals surface area contributed by atoms with Gasteiger partial charge in [0.1, 0.15) is 11.5 Å². The highest BCUT2D eigenvalue weighted by molar-refractivity contribution is 6.28. The van der Waals surface area contributed by atoms with E-state index in [1.54, 1.807) is 17.0 Å². The molecule has 2 rings (SSSR count). The van der Waals surface area contributed by atoms with E-state index in [0.29, 0.717) is 12.2 Å². The summed E-state index contributed by atoms with van der Waals surface area (Å²) < 4.78 is 1.59. The summed E-state index contributed by atoms with van der Waals surface area (Å²) in [5.41, 5.74) is 0.0795. The molecule has 7 nitrogen and oxygen atoms in total. The molecule has 0 fully saturated rings. The number of nitrogens with zero attached hydrogens (tertiary/aromatic N) is 5. The van der Waals surface area contributed by atoms with Crippen molar-refractivity contribution < 1.29 is 4.92 Å². The SMILES string of the molecule is CCCc1nccn1-c1nc(Cl)nc(C)c1[N+](=O)[O-]. The number of hydrogen-bond donors (Lipinski definition) is 0. The van der Waals surface area contributed by atoms with Crippen molar-refractivity contribution in [3.8, 4) is 5.82 Å². The van der Waals surface area contributed by atoms with Gasteiger partial charge in [-0.15, -0.1) is 0 Å². The maximum atomic E-state index is 11.2. The van der Waals surface area contributed by atoms with Crippen molar-refractivity contribution in [3.63, 3.8) is 0 Å². The highest BCUT2D eigenvalue weighted by atomic mass is 35.5. The second-order valence-corrected chi connectivity index (χ2v) is 4.31. The van der Waals surface area contributed by atoms with E-state index in [0.717, 1.165) is 6.42 Å². The van der Waals surface area contributed by atoms with E-state index in [-0.39, 0.29) is 22.5 Å². The summed E-state index contributed by atoms with van der Waals surface area (Å²) in [7, 11) is 0. The third-order valence-corrected chi connectivity index (χ3v) is 2.78. The molecule has 0 atom stereocenters. The highest BCUT2D eigenvalue weighted by Gasteiger charge is 2.24. The Kier molecular flexibility index (Phi) is 3.75. The summed E-state index contributed by atoms with van der Waals surface area (Å²) in [5.74, 6) is 0.864. The monoisotopic (exact) mass is 281 g/mol. The lowest BCUT2D eigenvalue weighted by Crippen LogP contribution is -2.09. The van der Waals surface area contributed by atoms with Crippen LogP contribution >= 0.6 is 11.6 Å². The molecule has 2 aromatic heterocycles. The Morgan fingerprint density at radius 3 is 2.84 bits per heavy atom. The fourth-order valence-corrected chi connectivity index (χ4v) is 2.04. The van der Waals surface area contributed by atoms with Crippen LogP contribution in [0.25, 0.3) is 5.82 Å². The fourth-order valence-electron chi connectivity index (χ4n) is 1.84. The maximum Gasteiger partial charge on any atom is 0.333 e. The highest BCUT2D eigenvalue weighted by Crippen LogP contribution is 2.26. The van der Waals surface area contributed by atoms with Crippen molar-refractivity contribution >= 4 is 17.3 Å². The minimum Gasteiger partial charge on any atom is -0.282 e. The molecular weight excluding hydrogens is 270 g/mol. The van der Waals surface area contributed by atoms with Gasteiger partial charge < -0.3 is 0 Å². The number of nitro groups is 1. The second-order valence-electron chi connectivity index (χ2n) is 3.97. The second kappa shape index (κ2) is 5.31. The van der Waals surface area contributed by atoms with Gasteiger partial charge in [0.05, 0.1) is 4.92 Å². The molecule has 0 aromatic carbocycles. The smallest absolute Gasteiger partial charge is 0.282 e. The molecule has 0 unspecified atom stereocenters. The van der Waals surface area contributed by atoms with Crippen molar-refractivity contribution in [3.05, 3.63) is 39.3 Å². The van der Waals surface area contributed by atoms with Crippen LogP contribution in [0.15, 0.2) is 12.4 Å². The van der Waals surface area contributed by atoms with Crippen molar-refractivity contribution in [1.82, 2.24) is 19.5 Å². The summed E-state index contributed by atoms with van der Waals surface area (Å²) in [6, 6.07) is 0. The minimum atomic E-state index is -0.503. The van der Waals surface area contributed by atoms with Crippen LogP contribution in [0.3, 0.4) is 0 Å². The molecule has 0 N–H and O–H groups in total. The molecule has 0 saturated carbocycles. The number of rotatable bonds is 4. The van der Waals surface area contributed by atoms with E-state index in [4.69, 9.17) is 11.6 Å². The first-order valence-electron chi connectivity index (χ1n) is 5.75. The lowest BCUT2D eigenvalue weighted by atomic mass is 10.3. The minimum absolute atomic E-state index is 0.0192. The van der Waals surface area contributed by atoms with Crippen LogP contribution < -0.4 is 0 Å². The largest absolute Gasteiger partial charge is 0.333 e. The first-order valence-corrected chi connectivity index (χ1v) is 6.13.